The molecule has 0 fully saturated rings. The second-order valence-electron chi connectivity index (χ2n) is 2.89. The van der Waals surface area contributed by atoms with Crippen LogP contribution in [0.5, 0.6) is 0 Å². The van der Waals surface area contributed by atoms with Crippen LogP contribution in [0, 0.1) is 6.92 Å². The first-order valence-corrected chi connectivity index (χ1v) is 3.62. The zero-order valence-corrected chi connectivity index (χ0v) is 6.76. The lowest BCUT2D eigenvalue weighted by molar-refractivity contribution is 0.847. The molecule has 1 aromatic rings. The van der Waals surface area contributed by atoms with Crippen LogP contribution in [0.15, 0.2) is 18.5 Å². The Morgan fingerprint density at radius 3 is 2.50 bits per heavy atom. The maximum atomic E-state index is 4.07. The van der Waals surface area contributed by atoms with Crippen molar-refractivity contribution in [2.75, 3.05) is 0 Å². The van der Waals surface area contributed by atoms with Gasteiger partial charge in [0.15, 0.2) is 0 Å². The smallest absolute Gasteiger partial charge is 0.0305 e. The Hall–Kier alpha value is -0.850. The van der Waals surface area contributed by atoms with Gasteiger partial charge in [0.25, 0.3) is 0 Å². The summed E-state index contributed by atoms with van der Waals surface area (Å²) in [6.07, 6.45) is 3.78. The summed E-state index contributed by atoms with van der Waals surface area (Å²) in [5.74, 6) is 0.591. The first-order valence-electron chi connectivity index (χ1n) is 3.62. The van der Waals surface area contributed by atoms with Crippen molar-refractivity contribution in [3.63, 3.8) is 0 Å². The summed E-state index contributed by atoms with van der Waals surface area (Å²) >= 11 is 0. The van der Waals surface area contributed by atoms with E-state index in [1.807, 2.05) is 12.4 Å². The minimum Gasteiger partial charge on any atom is -0.264 e. The molecule has 0 unspecified atom stereocenters. The lowest BCUT2D eigenvalue weighted by Crippen LogP contribution is -1.91. The molecular formula is C9H13N. The highest BCUT2D eigenvalue weighted by atomic mass is 14.6. The van der Waals surface area contributed by atoms with E-state index in [0.29, 0.717) is 5.92 Å². The van der Waals surface area contributed by atoms with Crippen molar-refractivity contribution in [1.82, 2.24) is 4.98 Å². The molecule has 1 heteroatoms. The largest absolute Gasteiger partial charge is 0.264 e. The normalized spacial score (nSPS) is 10.4. The molecule has 0 atom stereocenters. The molecule has 0 bridgehead atoms. The predicted octanol–water partition coefficient (Wildman–Crippen LogP) is 2.51. The number of aryl methyl sites for hydroxylation is 1. The van der Waals surface area contributed by atoms with Gasteiger partial charge in [-0.05, 0) is 30.0 Å². The molecule has 0 aliphatic heterocycles. The van der Waals surface area contributed by atoms with E-state index >= 15 is 0 Å². The van der Waals surface area contributed by atoms with Crippen molar-refractivity contribution < 1.29 is 0 Å². The summed E-state index contributed by atoms with van der Waals surface area (Å²) in [6.45, 7) is 6.49. The predicted molar refractivity (Wildman–Crippen MR) is 43.1 cm³/mol. The highest BCUT2D eigenvalue weighted by Gasteiger charge is 2.00. The van der Waals surface area contributed by atoms with Gasteiger partial charge >= 0.3 is 0 Å². The molecule has 0 N–H and O–H groups in total. The molecule has 1 rings (SSSR count). The molecule has 54 valence electrons. The van der Waals surface area contributed by atoms with Crippen LogP contribution in [0.3, 0.4) is 0 Å². The average Bonchev–Trinajstić information content (AvgIpc) is 1.88. The van der Waals surface area contributed by atoms with Crippen LogP contribution < -0.4 is 0 Å². The molecule has 0 aliphatic carbocycles. The minimum atomic E-state index is 0.591. The quantitative estimate of drug-likeness (QED) is 0.576. The molecule has 0 radical (unpaired) electrons. The van der Waals surface area contributed by atoms with Crippen LogP contribution in [0.25, 0.3) is 0 Å². The maximum Gasteiger partial charge on any atom is 0.0305 e. The maximum absolute atomic E-state index is 4.07. The third-order valence-electron chi connectivity index (χ3n) is 1.70. The first-order chi connectivity index (χ1) is 4.72. The summed E-state index contributed by atoms with van der Waals surface area (Å²) in [5, 5.41) is 0. The lowest BCUT2D eigenvalue weighted by Gasteiger charge is -2.06. The van der Waals surface area contributed by atoms with Gasteiger partial charge in [-0.25, -0.2) is 0 Å². The fourth-order valence-corrected chi connectivity index (χ4v) is 1.08. The third-order valence-corrected chi connectivity index (χ3v) is 1.70. The number of nitrogens with zero attached hydrogens (tertiary/aromatic N) is 1. The highest BCUT2D eigenvalue weighted by Crippen LogP contribution is 2.16. The molecule has 10 heavy (non-hydrogen) atoms. The van der Waals surface area contributed by atoms with Crippen molar-refractivity contribution in [2.45, 2.75) is 26.7 Å². The van der Waals surface area contributed by atoms with Crippen molar-refractivity contribution in [3.05, 3.63) is 29.6 Å². The molecule has 1 aromatic heterocycles. The van der Waals surface area contributed by atoms with E-state index in [0.717, 1.165) is 0 Å². The molecule has 0 saturated heterocycles. The van der Waals surface area contributed by atoms with Crippen LogP contribution in [0.2, 0.25) is 0 Å². The number of pyridine rings is 1. The van der Waals surface area contributed by atoms with Gasteiger partial charge in [0, 0.05) is 12.4 Å². The second kappa shape index (κ2) is 2.82. The van der Waals surface area contributed by atoms with Gasteiger partial charge in [-0.15, -0.1) is 0 Å². The van der Waals surface area contributed by atoms with Gasteiger partial charge in [0.05, 0.1) is 0 Å². The summed E-state index contributed by atoms with van der Waals surface area (Å²) in [4.78, 5) is 4.07. The standard InChI is InChI=1S/C9H13N/c1-7(2)9-6-10-5-4-8(9)3/h4-7H,1-3H3. The molecule has 1 heterocycles. The zero-order valence-electron chi connectivity index (χ0n) is 6.76. The second-order valence-corrected chi connectivity index (χ2v) is 2.89. The number of aromatic nitrogens is 1. The monoisotopic (exact) mass is 135 g/mol. The van der Waals surface area contributed by atoms with E-state index < -0.39 is 0 Å². The van der Waals surface area contributed by atoms with Gasteiger partial charge in [-0.2, -0.15) is 0 Å². The van der Waals surface area contributed by atoms with E-state index in [9.17, 15) is 0 Å². The number of rotatable bonds is 1. The molecule has 0 spiro atoms. The fraction of sp³-hybridized carbons (Fsp3) is 0.444. The number of hydrogen-bond donors (Lipinski definition) is 0. The molecule has 0 saturated carbocycles. The summed E-state index contributed by atoms with van der Waals surface area (Å²) in [7, 11) is 0. The Kier molecular flexibility index (Phi) is 2.05. The van der Waals surface area contributed by atoms with Crippen molar-refractivity contribution in [3.8, 4) is 0 Å². The van der Waals surface area contributed by atoms with Crippen molar-refractivity contribution in [1.29, 1.82) is 0 Å². The Labute approximate surface area is 62.1 Å². The van der Waals surface area contributed by atoms with Crippen LogP contribution >= 0.6 is 0 Å². The topological polar surface area (TPSA) is 12.9 Å². The molecule has 1 nitrogen and oxygen atoms in total. The summed E-state index contributed by atoms with van der Waals surface area (Å²) < 4.78 is 0. The fourth-order valence-electron chi connectivity index (χ4n) is 1.08. The van der Waals surface area contributed by atoms with E-state index in [-0.39, 0.29) is 0 Å². The van der Waals surface area contributed by atoms with Crippen LogP contribution in [0.4, 0.5) is 0 Å². The van der Waals surface area contributed by atoms with E-state index in [4.69, 9.17) is 0 Å². The molecule has 0 aliphatic rings. The van der Waals surface area contributed by atoms with Gasteiger partial charge in [-0.1, -0.05) is 13.8 Å². The highest BCUT2D eigenvalue weighted by molar-refractivity contribution is 5.24. The Morgan fingerprint density at radius 1 is 1.40 bits per heavy atom. The average molecular weight is 135 g/mol. The van der Waals surface area contributed by atoms with Crippen molar-refractivity contribution in [2.24, 2.45) is 0 Å². The van der Waals surface area contributed by atoms with Crippen LogP contribution in [-0.2, 0) is 0 Å². The third kappa shape index (κ3) is 1.35. The SMILES string of the molecule is Cc1ccncc1C(C)C. The Bertz CT molecular complexity index is 216. The summed E-state index contributed by atoms with van der Waals surface area (Å²) in [5.41, 5.74) is 2.69. The van der Waals surface area contributed by atoms with Crippen LogP contribution in [0.1, 0.15) is 30.9 Å². The van der Waals surface area contributed by atoms with E-state index in [1.165, 1.54) is 11.1 Å². The first kappa shape index (κ1) is 7.26. The van der Waals surface area contributed by atoms with E-state index in [1.54, 1.807) is 0 Å². The minimum absolute atomic E-state index is 0.591. The van der Waals surface area contributed by atoms with Crippen molar-refractivity contribution >= 4 is 0 Å². The molecule has 0 aromatic carbocycles. The molecular weight excluding hydrogens is 122 g/mol. The Balaban J connectivity index is 3.03. The van der Waals surface area contributed by atoms with Gasteiger partial charge in [0.1, 0.15) is 0 Å². The van der Waals surface area contributed by atoms with Gasteiger partial charge < -0.3 is 0 Å². The molecule has 0 amide bonds. The Morgan fingerprint density at radius 2 is 2.10 bits per heavy atom. The van der Waals surface area contributed by atoms with Gasteiger partial charge in [-0.3, -0.25) is 4.98 Å². The lowest BCUT2D eigenvalue weighted by atomic mass is 10.0. The van der Waals surface area contributed by atoms with E-state index in [2.05, 4.69) is 31.8 Å². The number of hydrogen-bond acceptors (Lipinski definition) is 1. The van der Waals surface area contributed by atoms with Crippen LogP contribution in [-0.4, -0.2) is 4.98 Å². The van der Waals surface area contributed by atoms with Gasteiger partial charge in [0.2, 0.25) is 0 Å². The zero-order chi connectivity index (χ0) is 7.56. The summed E-state index contributed by atoms with van der Waals surface area (Å²) in [6, 6.07) is 2.05.